The average molecular weight is 512 g/mol. The Morgan fingerprint density at radius 2 is 1.89 bits per heavy atom. The molecule has 0 amide bonds. The number of carbonyl (C=O) groups excluding carboxylic acids is 1. The zero-order valence-corrected chi connectivity index (χ0v) is 21.2. The first-order valence-electron chi connectivity index (χ1n) is 12.9. The van der Waals surface area contributed by atoms with Crippen LogP contribution >= 0.6 is 0 Å². The highest BCUT2D eigenvalue weighted by Crippen LogP contribution is 2.28. The number of methoxy groups -OCH3 is 1. The molecular weight excluding hydrogens is 482 g/mol. The lowest BCUT2D eigenvalue weighted by Gasteiger charge is -2.33. The standard InChI is InChI=1S/C28H29N7O3/c1-38-15-5-12-34-17-21(20-6-2-3-7-23(20)34)26(36)22-16-25(31-18-30-22)33-13-9-19(10-14-33)35-24-8-4-11-29-27(24)32-28(35)37/h2-4,6-8,11,16-19H,5,9-10,12-15H2,1H3,(H,29,32,37). The van der Waals surface area contributed by atoms with Crippen LogP contribution in [-0.4, -0.2) is 61.7 Å². The van der Waals surface area contributed by atoms with E-state index in [0.29, 0.717) is 36.6 Å². The lowest BCUT2D eigenvalue weighted by atomic mass is 10.0. The first-order valence-corrected chi connectivity index (χ1v) is 12.9. The second-order valence-electron chi connectivity index (χ2n) is 9.58. The number of hydrogen-bond donors (Lipinski definition) is 1. The second-order valence-corrected chi connectivity index (χ2v) is 9.58. The molecule has 0 aliphatic carbocycles. The number of piperidine rings is 1. The van der Waals surface area contributed by atoms with Crippen molar-refractivity contribution in [3.8, 4) is 0 Å². The molecule has 0 saturated carbocycles. The number of nitrogens with one attached hydrogen (secondary N) is 1. The molecule has 1 aliphatic heterocycles. The van der Waals surface area contributed by atoms with Crippen LogP contribution < -0.4 is 10.6 Å². The van der Waals surface area contributed by atoms with Gasteiger partial charge >= 0.3 is 5.69 Å². The summed E-state index contributed by atoms with van der Waals surface area (Å²) in [6.07, 6.45) is 7.48. The van der Waals surface area contributed by atoms with Crippen molar-refractivity contribution in [1.82, 2.24) is 29.1 Å². The molecule has 0 bridgehead atoms. The SMILES string of the molecule is COCCCn1cc(C(=O)c2cc(N3CCC(n4c(=O)[nH]c5ncccc54)CC3)ncn2)c2ccccc21. The highest BCUT2D eigenvalue weighted by molar-refractivity contribution is 6.15. The minimum absolute atomic E-state index is 0.0730. The summed E-state index contributed by atoms with van der Waals surface area (Å²) >= 11 is 0. The topological polar surface area (TPSA) is 111 Å². The van der Waals surface area contributed by atoms with E-state index in [9.17, 15) is 9.59 Å². The number of fused-ring (bicyclic) bond motifs is 2. The molecule has 1 aromatic carbocycles. The molecule has 0 atom stereocenters. The summed E-state index contributed by atoms with van der Waals surface area (Å²) in [5, 5.41) is 0.912. The van der Waals surface area contributed by atoms with Gasteiger partial charge in [-0.3, -0.25) is 14.3 Å². The Balaban J connectivity index is 1.21. The maximum absolute atomic E-state index is 13.6. The van der Waals surface area contributed by atoms with Gasteiger partial charge in [-0.05, 0) is 37.5 Å². The highest BCUT2D eigenvalue weighted by atomic mass is 16.5. The van der Waals surface area contributed by atoms with E-state index in [2.05, 4.69) is 29.4 Å². The van der Waals surface area contributed by atoms with E-state index >= 15 is 0 Å². The van der Waals surface area contributed by atoms with E-state index in [-0.39, 0.29) is 17.5 Å². The van der Waals surface area contributed by atoms with Gasteiger partial charge in [-0.15, -0.1) is 0 Å². The van der Waals surface area contributed by atoms with E-state index < -0.39 is 0 Å². The molecule has 5 heterocycles. The van der Waals surface area contributed by atoms with Crippen LogP contribution in [0.2, 0.25) is 0 Å². The van der Waals surface area contributed by atoms with Gasteiger partial charge in [0.25, 0.3) is 0 Å². The van der Waals surface area contributed by atoms with E-state index in [4.69, 9.17) is 4.74 Å². The van der Waals surface area contributed by atoms with E-state index in [0.717, 1.165) is 48.0 Å². The number of pyridine rings is 1. The normalized spacial score (nSPS) is 14.5. The Hall–Kier alpha value is -4.31. The molecule has 194 valence electrons. The number of carbonyl (C=O) groups is 1. The highest BCUT2D eigenvalue weighted by Gasteiger charge is 2.26. The molecule has 1 saturated heterocycles. The summed E-state index contributed by atoms with van der Waals surface area (Å²) in [5.74, 6) is 0.599. The largest absolute Gasteiger partial charge is 0.385 e. The molecule has 10 heteroatoms. The Bertz CT molecular complexity index is 1660. The molecule has 38 heavy (non-hydrogen) atoms. The molecular formula is C28H29N7O3. The number of benzene rings is 1. The van der Waals surface area contributed by atoms with Gasteiger partial charge in [-0.1, -0.05) is 18.2 Å². The predicted molar refractivity (Wildman–Crippen MR) is 145 cm³/mol. The molecule has 1 aliphatic rings. The third kappa shape index (κ3) is 4.37. The summed E-state index contributed by atoms with van der Waals surface area (Å²) in [5.41, 5.74) is 3.33. The number of aryl methyl sites for hydroxylation is 1. The number of rotatable bonds is 8. The van der Waals surface area contributed by atoms with Gasteiger partial charge in [0.1, 0.15) is 17.8 Å². The van der Waals surface area contributed by atoms with Crippen LogP contribution in [0.1, 0.15) is 41.4 Å². The summed E-state index contributed by atoms with van der Waals surface area (Å²) in [4.78, 5) is 44.3. The van der Waals surface area contributed by atoms with Gasteiger partial charge < -0.3 is 14.2 Å². The van der Waals surface area contributed by atoms with Crippen molar-refractivity contribution in [2.45, 2.75) is 31.8 Å². The number of nitrogens with zero attached hydrogens (tertiary/aromatic N) is 6. The van der Waals surface area contributed by atoms with Crippen molar-refractivity contribution in [2.24, 2.45) is 0 Å². The number of para-hydroxylation sites is 1. The summed E-state index contributed by atoms with van der Waals surface area (Å²) in [6.45, 7) is 2.86. The quantitative estimate of drug-likeness (QED) is 0.250. The summed E-state index contributed by atoms with van der Waals surface area (Å²) in [6, 6.07) is 13.6. The molecule has 4 aromatic heterocycles. The second kappa shape index (κ2) is 10.2. The Kier molecular flexibility index (Phi) is 6.47. The monoisotopic (exact) mass is 511 g/mol. The van der Waals surface area contributed by atoms with Gasteiger partial charge in [-0.2, -0.15) is 0 Å². The van der Waals surface area contributed by atoms with E-state index in [1.165, 1.54) is 6.33 Å². The van der Waals surface area contributed by atoms with Crippen molar-refractivity contribution in [1.29, 1.82) is 0 Å². The lowest BCUT2D eigenvalue weighted by molar-refractivity contribution is 0.103. The molecule has 1 N–H and O–H groups in total. The van der Waals surface area contributed by atoms with Crippen LogP contribution in [0.5, 0.6) is 0 Å². The van der Waals surface area contributed by atoms with Crippen molar-refractivity contribution in [2.75, 3.05) is 31.7 Å². The Morgan fingerprint density at radius 1 is 1.08 bits per heavy atom. The van der Waals surface area contributed by atoms with Crippen LogP contribution in [0.3, 0.4) is 0 Å². The summed E-state index contributed by atoms with van der Waals surface area (Å²) in [7, 11) is 1.69. The third-order valence-electron chi connectivity index (χ3n) is 7.31. The number of H-pyrrole nitrogens is 1. The molecule has 0 unspecified atom stereocenters. The zero-order chi connectivity index (χ0) is 26.1. The minimum Gasteiger partial charge on any atom is -0.385 e. The first-order chi connectivity index (χ1) is 18.6. The number of aromatic amines is 1. The van der Waals surface area contributed by atoms with Crippen LogP contribution in [0, 0.1) is 0 Å². The Morgan fingerprint density at radius 3 is 2.74 bits per heavy atom. The fourth-order valence-corrected chi connectivity index (χ4v) is 5.45. The summed E-state index contributed by atoms with van der Waals surface area (Å²) < 4.78 is 9.12. The lowest BCUT2D eigenvalue weighted by Crippen LogP contribution is -2.37. The predicted octanol–water partition coefficient (Wildman–Crippen LogP) is 3.58. The van der Waals surface area contributed by atoms with Gasteiger partial charge in [0.15, 0.2) is 5.65 Å². The smallest absolute Gasteiger partial charge is 0.327 e. The maximum atomic E-state index is 13.6. The van der Waals surface area contributed by atoms with Gasteiger partial charge in [0.05, 0.1) is 5.52 Å². The van der Waals surface area contributed by atoms with Crippen LogP contribution in [0.15, 0.2) is 66.0 Å². The van der Waals surface area contributed by atoms with Crippen LogP contribution in [0.25, 0.3) is 22.1 Å². The molecule has 1 fully saturated rings. The molecule has 0 spiro atoms. The van der Waals surface area contributed by atoms with E-state index in [1.807, 2.05) is 47.2 Å². The van der Waals surface area contributed by atoms with Crippen LogP contribution in [0.4, 0.5) is 5.82 Å². The third-order valence-corrected chi connectivity index (χ3v) is 7.31. The zero-order valence-electron chi connectivity index (χ0n) is 21.2. The molecule has 0 radical (unpaired) electrons. The number of hydrogen-bond acceptors (Lipinski definition) is 7. The number of ether oxygens (including phenoxy) is 1. The van der Waals surface area contributed by atoms with Gasteiger partial charge in [-0.25, -0.2) is 19.7 Å². The molecule has 10 nitrogen and oxygen atoms in total. The number of aromatic nitrogens is 6. The van der Waals surface area contributed by atoms with Crippen LogP contribution in [-0.2, 0) is 11.3 Å². The maximum Gasteiger partial charge on any atom is 0.327 e. The fraction of sp³-hybridized carbons (Fsp3) is 0.321. The average Bonchev–Trinajstić information content (AvgIpc) is 3.50. The van der Waals surface area contributed by atoms with Gasteiger partial charge in [0, 0.05) is 74.3 Å². The number of anilines is 1. The first kappa shape index (κ1) is 24.1. The van der Waals surface area contributed by atoms with Crippen molar-refractivity contribution < 1.29 is 9.53 Å². The van der Waals surface area contributed by atoms with Crippen molar-refractivity contribution in [3.05, 3.63) is 82.9 Å². The Labute approximate surface area is 218 Å². The van der Waals surface area contributed by atoms with Crippen molar-refractivity contribution >= 4 is 33.7 Å². The molecule has 5 aromatic rings. The fourth-order valence-electron chi connectivity index (χ4n) is 5.45. The van der Waals surface area contributed by atoms with Gasteiger partial charge in [0.2, 0.25) is 5.78 Å². The van der Waals surface area contributed by atoms with Crippen molar-refractivity contribution in [3.63, 3.8) is 0 Å². The molecule has 6 rings (SSSR count). The minimum atomic E-state index is -0.131. The van der Waals surface area contributed by atoms with E-state index in [1.54, 1.807) is 19.4 Å². The number of imidazole rings is 1. The number of ketones is 1.